The fraction of sp³-hybridized carbons (Fsp3) is 0.280. The number of fused-ring (bicyclic) bond motifs is 2. The van der Waals surface area contributed by atoms with Gasteiger partial charge in [0.05, 0.1) is 16.8 Å². The van der Waals surface area contributed by atoms with Crippen molar-refractivity contribution in [1.29, 1.82) is 0 Å². The summed E-state index contributed by atoms with van der Waals surface area (Å²) in [5, 5.41) is 10.7. The van der Waals surface area contributed by atoms with Gasteiger partial charge in [0.15, 0.2) is 0 Å². The largest absolute Gasteiger partial charge is 0.478 e. The second-order valence-corrected chi connectivity index (χ2v) is 8.80. The zero-order valence-electron chi connectivity index (χ0n) is 16.9. The van der Waals surface area contributed by atoms with Crippen molar-refractivity contribution in [3.8, 4) is 0 Å². The SMILES string of the molecule is CC(C)(C)[C@H]1C/C(=C\c2ccccc2F)c2nc3ccccc3c(C(=O)O)c2C1. The second kappa shape index (κ2) is 7.11. The normalized spacial score (nSPS) is 18.1. The smallest absolute Gasteiger partial charge is 0.336 e. The predicted molar refractivity (Wildman–Crippen MR) is 114 cm³/mol. The molecule has 148 valence electrons. The van der Waals surface area contributed by atoms with Crippen LogP contribution < -0.4 is 0 Å². The standard InChI is InChI=1S/C25H24FNO2/c1-25(2,3)17-13-16(12-15-8-4-6-10-20(15)26)23-19(14-17)22(24(28)29)18-9-5-7-11-21(18)27-23/h4-12,17H,13-14H2,1-3H3,(H,28,29)/b16-12+/t17-/m0/s1. The first kappa shape index (κ1) is 19.3. The van der Waals surface area contributed by atoms with Gasteiger partial charge in [-0.15, -0.1) is 0 Å². The van der Waals surface area contributed by atoms with Gasteiger partial charge in [0, 0.05) is 10.9 Å². The van der Waals surface area contributed by atoms with E-state index in [4.69, 9.17) is 4.98 Å². The Labute approximate surface area is 169 Å². The molecule has 0 amide bonds. The van der Waals surface area contributed by atoms with E-state index in [1.807, 2.05) is 30.3 Å². The first-order chi connectivity index (χ1) is 13.8. The van der Waals surface area contributed by atoms with Crippen LogP contribution in [0.5, 0.6) is 0 Å². The molecule has 1 heterocycles. The summed E-state index contributed by atoms with van der Waals surface area (Å²) in [4.78, 5) is 17.1. The van der Waals surface area contributed by atoms with Gasteiger partial charge in [0.1, 0.15) is 5.82 Å². The summed E-state index contributed by atoms with van der Waals surface area (Å²) in [5.74, 6) is -1.01. The number of carbonyl (C=O) groups is 1. The van der Waals surface area contributed by atoms with Crippen molar-refractivity contribution in [2.75, 3.05) is 0 Å². The summed E-state index contributed by atoms with van der Waals surface area (Å²) < 4.78 is 14.4. The molecular formula is C25H24FNO2. The van der Waals surface area contributed by atoms with Crippen molar-refractivity contribution in [2.24, 2.45) is 11.3 Å². The molecule has 1 aromatic heterocycles. The average molecular weight is 389 g/mol. The van der Waals surface area contributed by atoms with Crippen LogP contribution >= 0.6 is 0 Å². The lowest BCUT2D eigenvalue weighted by Crippen LogP contribution is -2.28. The van der Waals surface area contributed by atoms with E-state index in [9.17, 15) is 14.3 Å². The molecule has 4 heteroatoms. The third-order valence-electron chi connectivity index (χ3n) is 5.89. The number of hydrogen-bond donors (Lipinski definition) is 1. The van der Waals surface area contributed by atoms with E-state index >= 15 is 0 Å². The molecule has 0 saturated heterocycles. The second-order valence-electron chi connectivity index (χ2n) is 8.80. The zero-order valence-corrected chi connectivity index (χ0v) is 16.9. The van der Waals surface area contributed by atoms with Crippen molar-refractivity contribution < 1.29 is 14.3 Å². The zero-order chi connectivity index (χ0) is 20.8. The number of para-hydroxylation sites is 1. The van der Waals surface area contributed by atoms with Crippen molar-refractivity contribution in [2.45, 2.75) is 33.6 Å². The molecule has 0 saturated carbocycles. The van der Waals surface area contributed by atoms with Crippen LogP contribution in [-0.2, 0) is 6.42 Å². The van der Waals surface area contributed by atoms with Crippen molar-refractivity contribution in [3.63, 3.8) is 0 Å². The lowest BCUT2D eigenvalue weighted by Gasteiger charge is -2.36. The summed E-state index contributed by atoms with van der Waals surface area (Å²) in [7, 11) is 0. The number of nitrogens with zero attached hydrogens (tertiary/aromatic N) is 1. The molecule has 29 heavy (non-hydrogen) atoms. The third-order valence-corrected chi connectivity index (χ3v) is 5.89. The highest BCUT2D eigenvalue weighted by Gasteiger charge is 2.35. The number of carboxylic acids is 1. The Balaban J connectivity index is 2.02. The highest BCUT2D eigenvalue weighted by Crippen LogP contribution is 2.44. The van der Waals surface area contributed by atoms with Crippen LogP contribution in [0.25, 0.3) is 22.6 Å². The number of halogens is 1. The lowest BCUT2D eigenvalue weighted by molar-refractivity contribution is 0.0696. The number of rotatable bonds is 2. The van der Waals surface area contributed by atoms with Gasteiger partial charge >= 0.3 is 5.97 Å². The maximum absolute atomic E-state index is 14.4. The molecule has 3 aromatic rings. The van der Waals surface area contributed by atoms with Gasteiger partial charge in [-0.3, -0.25) is 0 Å². The minimum Gasteiger partial charge on any atom is -0.478 e. The van der Waals surface area contributed by atoms with E-state index in [1.54, 1.807) is 18.2 Å². The van der Waals surface area contributed by atoms with E-state index in [0.717, 1.165) is 17.6 Å². The van der Waals surface area contributed by atoms with E-state index in [2.05, 4.69) is 20.8 Å². The molecule has 4 rings (SSSR count). The molecule has 0 unspecified atom stereocenters. The van der Waals surface area contributed by atoms with Gasteiger partial charge in [-0.1, -0.05) is 57.2 Å². The lowest BCUT2D eigenvalue weighted by atomic mass is 9.69. The van der Waals surface area contributed by atoms with Crippen LogP contribution in [0.2, 0.25) is 0 Å². The highest BCUT2D eigenvalue weighted by atomic mass is 19.1. The van der Waals surface area contributed by atoms with Gasteiger partial charge in [-0.25, -0.2) is 14.2 Å². The molecule has 1 atom stereocenters. The van der Waals surface area contributed by atoms with Crippen LogP contribution in [0, 0.1) is 17.2 Å². The number of allylic oxidation sites excluding steroid dienone is 1. The average Bonchev–Trinajstić information content (AvgIpc) is 2.67. The number of carboxylic acid groups (broad SMARTS) is 1. The number of aromatic carboxylic acids is 1. The number of pyridine rings is 1. The Morgan fingerprint density at radius 1 is 1.10 bits per heavy atom. The number of hydrogen-bond acceptors (Lipinski definition) is 2. The molecule has 0 spiro atoms. The predicted octanol–water partition coefficient (Wildman–Crippen LogP) is 6.22. The van der Waals surface area contributed by atoms with E-state index < -0.39 is 5.97 Å². The minimum atomic E-state index is -0.945. The van der Waals surface area contributed by atoms with Crippen molar-refractivity contribution in [3.05, 3.63) is 76.7 Å². The Bertz CT molecular complexity index is 1140. The Morgan fingerprint density at radius 2 is 1.79 bits per heavy atom. The first-order valence-corrected chi connectivity index (χ1v) is 9.86. The number of aromatic nitrogens is 1. The van der Waals surface area contributed by atoms with Crippen LogP contribution in [0.1, 0.15) is 54.4 Å². The summed E-state index contributed by atoms with van der Waals surface area (Å²) in [5.41, 5.74) is 3.78. The van der Waals surface area contributed by atoms with Gasteiger partial charge in [-0.05, 0) is 53.5 Å². The molecule has 2 aromatic carbocycles. The summed E-state index contributed by atoms with van der Waals surface area (Å²) in [6, 6.07) is 14.0. The van der Waals surface area contributed by atoms with Gasteiger partial charge in [-0.2, -0.15) is 0 Å². The Hall–Kier alpha value is -3.01. The summed E-state index contributed by atoms with van der Waals surface area (Å²) >= 11 is 0. The maximum Gasteiger partial charge on any atom is 0.336 e. The molecule has 1 aliphatic carbocycles. The molecule has 0 fully saturated rings. The van der Waals surface area contributed by atoms with E-state index in [1.165, 1.54) is 6.07 Å². The van der Waals surface area contributed by atoms with Crippen LogP contribution in [0.4, 0.5) is 4.39 Å². The Morgan fingerprint density at radius 3 is 2.48 bits per heavy atom. The van der Waals surface area contributed by atoms with Crippen molar-refractivity contribution in [1.82, 2.24) is 4.98 Å². The quantitative estimate of drug-likeness (QED) is 0.566. The molecule has 1 N–H and O–H groups in total. The molecular weight excluding hydrogens is 365 g/mol. The van der Waals surface area contributed by atoms with Crippen LogP contribution in [-0.4, -0.2) is 16.1 Å². The van der Waals surface area contributed by atoms with Gasteiger partial charge < -0.3 is 5.11 Å². The molecule has 0 aliphatic heterocycles. The van der Waals surface area contributed by atoms with Gasteiger partial charge in [0.25, 0.3) is 0 Å². The monoisotopic (exact) mass is 389 g/mol. The summed E-state index contributed by atoms with van der Waals surface area (Å²) in [6.07, 6.45) is 3.21. The molecule has 1 aliphatic rings. The first-order valence-electron chi connectivity index (χ1n) is 9.86. The topological polar surface area (TPSA) is 50.2 Å². The van der Waals surface area contributed by atoms with Crippen LogP contribution in [0.15, 0.2) is 48.5 Å². The summed E-state index contributed by atoms with van der Waals surface area (Å²) in [6.45, 7) is 6.49. The fourth-order valence-electron chi connectivity index (χ4n) is 4.16. The number of benzene rings is 2. The molecule has 0 radical (unpaired) electrons. The Kier molecular flexibility index (Phi) is 4.73. The highest BCUT2D eigenvalue weighted by molar-refractivity contribution is 6.06. The third kappa shape index (κ3) is 3.55. The molecule has 3 nitrogen and oxygen atoms in total. The minimum absolute atomic E-state index is 0.0204. The van der Waals surface area contributed by atoms with Crippen molar-refractivity contribution >= 4 is 28.5 Å². The molecule has 0 bridgehead atoms. The maximum atomic E-state index is 14.4. The van der Waals surface area contributed by atoms with E-state index in [-0.39, 0.29) is 17.2 Å². The van der Waals surface area contributed by atoms with E-state index in [0.29, 0.717) is 34.1 Å². The fourth-order valence-corrected chi connectivity index (χ4v) is 4.16. The van der Waals surface area contributed by atoms with Gasteiger partial charge in [0.2, 0.25) is 0 Å². The van der Waals surface area contributed by atoms with Crippen LogP contribution in [0.3, 0.4) is 0 Å².